The number of amides is 1. The van der Waals surface area contributed by atoms with E-state index in [1.54, 1.807) is 12.1 Å². The molecule has 4 heteroatoms. The minimum atomic E-state index is -0.347. The zero-order chi connectivity index (χ0) is 11.4. The highest BCUT2D eigenvalue weighted by atomic mass is 127. The zero-order valence-electron chi connectivity index (χ0n) is 8.34. The second-order valence-electron chi connectivity index (χ2n) is 3.01. The fraction of sp³-hybridized carbons (Fsp3) is 0.182. The summed E-state index contributed by atoms with van der Waals surface area (Å²) in [6.45, 7) is 5.40. The molecule has 0 bridgehead atoms. The van der Waals surface area contributed by atoms with Gasteiger partial charge in [0.15, 0.2) is 0 Å². The number of rotatable bonds is 3. The van der Waals surface area contributed by atoms with Gasteiger partial charge >= 0.3 is 0 Å². The van der Waals surface area contributed by atoms with Crippen LogP contribution in [0.15, 0.2) is 30.9 Å². The predicted octanol–water partition coefficient (Wildman–Crippen LogP) is 2.97. The van der Waals surface area contributed by atoms with Crippen molar-refractivity contribution in [3.63, 3.8) is 0 Å². The van der Waals surface area contributed by atoms with Crippen molar-refractivity contribution in [2.45, 2.75) is 6.92 Å². The third kappa shape index (κ3) is 3.02. The van der Waals surface area contributed by atoms with Gasteiger partial charge in [0.25, 0.3) is 0 Å². The fourth-order valence-corrected chi connectivity index (χ4v) is 1.84. The smallest absolute Gasteiger partial charge is 0.224 e. The van der Waals surface area contributed by atoms with Crippen molar-refractivity contribution < 1.29 is 9.18 Å². The van der Waals surface area contributed by atoms with E-state index in [0.29, 0.717) is 12.2 Å². The third-order valence-electron chi connectivity index (χ3n) is 1.89. The van der Waals surface area contributed by atoms with E-state index < -0.39 is 0 Å². The Kier molecular flexibility index (Phi) is 4.26. The Morgan fingerprint density at radius 2 is 2.33 bits per heavy atom. The van der Waals surface area contributed by atoms with Crippen molar-refractivity contribution in [1.82, 2.24) is 0 Å². The summed E-state index contributed by atoms with van der Waals surface area (Å²) in [6.07, 6.45) is 1.61. The molecule has 0 fully saturated rings. The van der Waals surface area contributed by atoms with Crippen molar-refractivity contribution in [3.05, 3.63) is 40.2 Å². The highest BCUT2D eigenvalue weighted by molar-refractivity contribution is 14.1. The number of nitrogens with zero attached hydrogens (tertiary/aromatic N) is 1. The summed E-state index contributed by atoms with van der Waals surface area (Å²) in [5.41, 5.74) is 0.586. The van der Waals surface area contributed by atoms with Crippen LogP contribution in [0.25, 0.3) is 0 Å². The number of benzene rings is 1. The van der Waals surface area contributed by atoms with E-state index in [1.165, 1.54) is 24.0 Å². The van der Waals surface area contributed by atoms with Crippen LogP contribution in [0.4, 0.5) is 10.1 Å². The van der Waals surface area contributed by atoms with Gasteiger partial charge in [-0.2, -0.15) is 0 Å². The third-order valence-corrected chi connectivity index (χ3v) is 2.80. The second-order valence-corrected chi connectivity index (χ2v) is 4.18. The second kappa shape index (κ2) is 5.25. The Balaban J connectivity index is 3.15. The first-order valence-corrected chi connectivity index (χ1v) is 5.48. The number of carbonyl (C=O) groups excluding carboxylic acids is 1. The number of anilines is 1. The van der Waals surface area contributed by atoms with E-state index in [4.69, 9.17) is 0 Å². The van der Waals surface area contributed by atoms with Crippen LogP contribution in [0.1, 0.15) is 6.92 Å². The molecule has 1 aromatic carbocycles. The van der Waals surface area contributed by atoms with Gasteiger partial charge in [-0.1, -0.05) is 6.08 Å². The highest BCUT2D eigenvalue weighted by Crippen LogP contribution is 2.23. The molecule has 0 spiro atoms. The molecule has 0 aliphatic rings. The Bertz CT molecular complexity index is 392. The van der Waals surface area contributed by atoms with Crippen molar-refractivity contribution >= 4 is 34.2 Å². The van der Waals surface area contributed by atoms with E-state index in [2.05, 4.69) is 29.2 Å². The monoisotopic (exact) mass is 319 g/mol. The SMILES string of the molecule is C=CCN(C(C)=O)c1cc(F)ccc1I. The van der Waals surface area contributed by atoms with Crippen LogP contribution >= 0.6 is 22.6 Å². The predicted molar refractivity (Wildman–Crippen MR) is 67.3 cm³/mol. The normalized spacial score (nSPS) is 9.80. The molecule has 0 saturated heterocycles. The number of hydrogen-bond acceptors (Lipinski definition) is 1. The maximum atomic E-state index is 13.0. The summed E-state index contributed by atoms with van der Waals surface area (Å²) in [5.74, 6) is -0.473. The summed E-state index contributed by atoms with van der Waals surface area (Å²) in [4.78, 5) is 12.8. The Labute approximate surface area is 102 Å². The molecule has 2 nitrogen and oxygen atoms in total. The molecule has 0 N–H and O–H groups in total. The molecule has 0 heterocycles. The lowest BCUT2D eigenvalue weighted by Gasteiger charge is -2.20. The topological polar surface area (TPSA) is 20.3 Å². The van der Waals surface area contributed by atoms with Crippen LogP contribution < -0.4 is 4.90 Å². The molecular formula is C11H11FINO. The van der Waals surface area contributed by atoms with Gasteiger partial charge in [0.2, 0.25) is 5.91 Å². The summed E-state index contributed by atoms with van der Waals surface area (Å²) in [7, 11) is 0. The van der Waals surface area contributed by atoms with Crippen molar-refractivity contribution in [1.29, 1.82) is 0 Å². The van der Waals surface area contributed by atoms with E-state index in [1.807, 2.05) is 0 Å². The molecule has 1 amide bonds. The molecule has 15 heavy (non-hydrogen) atoms. The van der Waals surface area contributed by atoms with Gasteiger partial charge in [-0.25, -0.2) is 4.39 Å². The molecule has 1 aromatic rings. The average molecular weight is 319 g/mol. The lowest BCUT2D eigenvalue weighted by Crippen LogP contribution is -2.29. The minimum absolute atomic E-state index is 0.126. The zero-order valence-corrected chi connectivity index (χ0v) is 10.5. The van der Waals surface area contributed by atoms with Gasteiger partial charge in [0.05, 0.1) is 5.69 Å². The number of halogens is 2. The van der Waals surface area contributed by atoms with E-state index in [0.717, 1.165) is 3.57 Å². The van der Waals surface area contributed by atoms with Crippen LogP contribution in [-0.4, -0.2) is 12.5 Å². The van der Waals surface area contributed by atoms with Crippen LogP contribution in [0.3, 0.4) is 0 Å². The lowest BCUT2D eigenvalue weighted by atomic mass is 10.2. The fourth-order valence-electron chi connectivity index (χ4n) is 1.22. The van der Waals surface area contributed by atoms with Crippen LogP contribution in [0.5, 0.6) is 0 Å². The van der Waals surface area contributed by atoms with Gasteiger partial charge in [-0.15, -0.1) is 6.58 Å². The lowest BCUT2D eigenvalue weighted by molar-refractivity contribution is -0.116. The molecule has 0 aromatic heterocycles. The maximum absolute atomic E-state index is 13.0. The maximum Gasteiger partial charge on any atom is 0.224 e. The summed E-state index contributed by atoms with van der Waals surface area (Å²) >= 11 is 2.07. The standard InChI is InChI=1S/C11H11FINO/c1-3-6-14(8(2)15)11-7-9(12)4-5-10(11)13/h3-5,7H,1,6H2,2H3. The number of carbonyl (C=O) groups is 1. The quantitative estimate of drug-likeness (QED) is 0.620. The van der Waals surface area contributed by atoms with Gasteiger partial charge in [0, 0.05) is 17.0 Å². The molecule has 0 radical (unpaired) electrons. The Morgan fingerprint density at radius 3 is 2.87 bits per heavy atom. The van der Waals surface area contributed by atoms with Gasteiger partial charge in [-0.05, 0) is 40.8 Å². The first kappa shape index (κ1) is 12.2. The largest absolute Gasteiger partial charge is 0.308 e. The Hall–Kier alpha value is -0.910. The van der Waals surface area contributed by atoms with Crippen molar-refractivity contribution in [2.75, 3.05) is 11.4 Å². The van der Waals surface area contributed by atoms with Gasteiger partial charge in [-0.3, -0.25) is 4.79 Å². The van der Waals surface area contributed by atoms with Crippen LogP contribution in [0.2, 0.25) is 0 Å². The minimum Gasteiger partial charge on any atom is -0.308 e. The van der Waals surface area contributed by atoms with Crippen LogP contribution in [0, 0.1) is 9.39 Å². The van der Waals surface area contributed by atoms with Gasteiger partial charge in [0.1, 0.15) is 5.82 Å². The first-order chi connectivity index (χ1) is 7.06. The van der Waals surface area contributed by atoms with Crippen LogP contribution in [-0.2, 0) is 4.79 Å². The number of hydrogen-bond donors (Lipinski definition) is 0. The summed E-state index contributed by atoms with van der Waals surface area (Å²) in [6, 6.07) is 4.37. The molecular weight excluding hydrogens is 308 g/mol. The van der Waals surface area contributed by atoms with E-state index in [9.17, 15) is 9.18 Å². The summed E-state index contributed by atoms with van der Waals surface area (Å²) in [5, 5.41) is 0. The van der Waals surface area contributed by atoms with E-state index in [-0.39, 0.29) is 11.7 Å². The summed E-state index contributed by atoms with van der Waals surface area (Å²) < 4.78 is 13.9. The van der Waals surface area contributed by atoms with Crippen molar-refractivity contribution in [2.24, 2.45) is 0 Å². The molecule has 0 aliphatic carbocycles. The van der Waals surface area contributed by atoms with E-state index >= 15 is 0 Å². The molecule has 0 atom stereocenters. The average Bonchev–Trinajstić information content (AvgIpc) is 2.18. The van der Waals surface area contributed by atoms with Gasteiger partial charge < -0.3 is 4.90 Å². The molecule has 0 saturated carbocycles. The molecule has 0 aliphatic heterocycles. The molecule has 80 valence electrons. The van der Waals surface area contributed by atoms with Crippen molar-refractivity contribution in [3.8, 4) is 0 Å². The molecule has 1 rings (SSSR count). The first-order valence-electron chi connectivity index (χ1n) is 4.40. The Morgan fingerprint density at radius 1 is 1.67 bits per heavy atom. The molecule has 0 unspecified atom stereocenters. The highest BCUT2D eigenvalue weighted by Gasteiger charge is 2.13.